The van der Waals surface area contributed by atoms with Crippen molar-refractivity contribution in [2.24, 2.45) is 0 Å². The molecular weight excluding hydrogens is 541 g/mol. The fourth-order valence-corrected chi connectivity index (χ4v) is 0.581. The fourth-order valence-electron chi connectivity index (χ4n) is 0.581. The summed E-state index contributed by atoms with van der Waals surface area (Å²) in [5, 5.41) is 8.38. The van der Waals surface area contributed by atoms with Gasteiger partial charge in [0.15, 0.2) is 0 Å². The van der Waals surface area contributed by atoms with Gasteiger partial charge in [-0.15, -0.1) is 0 Å². The molecule has 64 valence electrons. The molecule has 0 radical (unpaired) electrons. The average Bonchev–Trinajstić information content (AvgIpc) is 2.25. The van der Waals surface area contributed by atoms with Gasteiger partial charge in [-0.25, -0.2) is 4.79 Å². The second-order valence-corrected chi connectivity index (χ2v) is 1.67. The number of hydrogen-bond acceptors (Lipinski definition) is 1. The second kappa shape index (κ2) is 12.6. The van der Waals surface area contributed by atoms with Gasteiger partial charge in [0.05, 0.1) is 5.56 Å². The van der Waals surface area contributed by atoms with E-state index in [2.05, 4.69) is 8.86 Å². The predicted molar refractivity (Wildman–Crippen MR) is 45.1 cm³/mol. The average molecular weight is 553 g/mol. The van der Waals surface area contributed by atoms with Crippen LogP contribution < -0.4 is 0 Å². The van der Waals surface area contributed by atoms with E-state index in [4.69, 9.17) is 5.11 Å². The SMILES string of the molecule is O=C(O)c1ccccc1.[CH3][Hg].[CH3][Hg]. The minimum absolute atomic E-state index is 0.331. The molecule has 0 heterocycles. The Morgan fingerprint density at radius 3 is 1.69 bits per heavy atom. The Morgan fingerprint density at radius 1 is 1.08 bits per heavy atom. The third kappa shape index (κ3) is 8.88. The molecule has 0 saturated heterocycles. The summed E-state index contributed by atoms with van der Waals surface area (Å²) >= 11 is 2.06. The van der Waals surface area contributed by atoms with Crippen molar-refractivity contribution >= 4 is 5.97 Å². The molecule has 1 rings (SSSR count). The summed E-state index contributed by atoms with van der Waals surface area (Å²) in [6, 6.07) is 8.30. The maximum atomic E-state index is 10.2. The van der Waals surface area contributed by atoms with Gasteiger partial charge in [0.25, 0.3) is 0 Å². The summed E-state index contributed by atoms with van der Waals surface area (Å²) in [5.41, 5.74) is 0.331. The summed E-state index contributed by atoms with van der Waals surface area (Å²) < 4.78 is 4.39. The summed E-state index contributed by atoms with van der Waals surface area (Å²) in [6.07, 6.45) is 0. The van der Waals surface area contributed by atoms with Crippen LogP contribution in [-0.2, 0) is 52.2 Å². The molecule has 0 aromatic heterocycles. The van der Waals surface area contributed by atoms with Gasteiger partial charge in [-0.05, 0) is 12.1 Å². The number of benzene rings is 1. The molecule has 1 aromatic rings. The van der Waals surface area contributed by atoms with Crippen LogP contribution in [0.3, 0.4) is 0 Å². The molecule has 0 amide bonds. The van der Waals surface area contributed by atoms with E-state index < -0.39 is 5.97 Å². The normalized spacial score (nSPS) is 7.23. The van der Waals surface area contributed by atoms with Gasteiger partial charge in [0, 0.05) is 0 Å². The molecule has 1 aromatic carbocycles. The van der Waals surface area contributed by atoms with E-state index >= 15 is 0 Å². The first-order chi connectivity index (χ1) is 6.30. The van der Waals surface area contributed by atoms with E-state index in [1.807, 2.05) is 0 Å². The van der Waals surface area contributed by atoms with Crippen molar-refractivity contribution in [2.75, 3.05) is 0 Å². The van der Waals surface area contributed by atoms with Crippen LogP contribution in [0.2, 0.25) is 8.86 Å². The third-order valence-electron chi connectivity index (χ3n) is 1.02. The Hall–Kier alpha value is 0.560. The predicted octanol–water partition coefficient (Wildman–Crippen LogP) is 2.55. The summed E-state index contributed by atoms with van der Waals surface area (Å²) in [5.74, 6) is -0.879. The van der Waals surface area contributed by atoms with Gasteiger partial charge < -0.3 is 5.11 Å². The zero-order chi connectivity index (χ0) is 10.7. The van der Waals surface area contributed by atoms with Crippen molar-refractivity contribution in [3.8, 4) is 0 Å². The number of carbonyl (C=O) groups is 1. The molecule has 4 heteroatoms. The van der Waals surface area contributed by atoms with E-state index in [1.165, 1.54) is 0 Å². The molecule has 0 aliphatic carbocycles. The number of rotatable bonds is 1. The van der Waals surface area contributed by atoms with Crippen LogP contribution in [0.1, 0.15) is 10.4 Å². The van der Waals surface area contributed by atoms with Crippen molar-refractivity contribution in [2.45, 2.75) is 8.86 Å². The summed E-state index contributed by atoms with van der Waals surface area (Å²) in [4.78, 5) is 10.2. The topological polar surface area (TPSA) is 37.3 Å². The van der Waals surface area contributed by atoms with E-state index in [0.29, 0.717) is 5.56 Å². The van der Waals surface area contributed by atoms with E-state index in [-0.39, 0.29) is 0 Å². The summed E-state index contributed by atoms with van der Waals surface area (Å²) in [6.45, 7) is 0. The zero-order valence-electron chi connectivity index (χ0n) is 8.16. The standard InChI is InChI=1S/C7H6O2.2CH3.2Hg/c8-7(9)6-4-2-1-3-5-6;;;;/h1-5H,(H,8,9);2*1H3;;. The van der Waals surface area contributed by atoms with Gasteiger partial charge in [-0.3, -0.25) is 0 Å². The Morgan fingerprint density at radius 2 is 1.46 bits per heavy atom. The first kappa shape index (κ1) is 16.0. The second-order valence-electron chi connectivity index (χ2n) is 1.67. The Balaban J connectivity index is 0. The van der Waals surface area contributed by atoms with Crippen molar-refractivity contribution in [1.82, 2.24) is 0 Å². The van der Waals surface area contributed by atoms with Crippen molar-refractivity contribution in [3.05, 3.63) is 35.9 Å². The molecule has 0 fully saturated rings. The summed E-state index contributed by atoms with van der Waals surface area (Å²) in [7, 11) is 0. The molecule has 2 nitrogen and oxygen atoms in total. The van der Waals surface area contributed by atoms with Crippen LogP contribution in [0.15, 0.2) is 30.3 Å². The fraction of sp³-hybridized carbons (Fsp3) is 0.222. The molecule has 0 atom stereocenters. The number of hydrogen-bond donors (Lipinski definition) is 1. The van der Waals surface area contributed by atoms with Crippen molar-refractivity contribution in [1.29, 1.82) is 0 Å². The quantitative estimate of drug-likeness (QED) is 0.544. The van der Waals surface area contributed by atoms with Crippen LogP contribution in [-0.4, -0.2) is 11.1 Å². The first-order valence-corrected chi connectivity index (χ1v) is 15.0. The van der Waals surface area contributed by atoms with E-state index in [1.54, 1.807) is 30.3 Å². The van der Waals surface area contributed by atoms with E-state index in [0.717, 1.165) is 52.2 Å². The molecule has 0 bridgehead atoms. The van der Waals surface area contributed by atoms with Crippen molar-refractivity contribution in [3.63, 3.8) is 0 Å². The van der Waals surface area contributed by atoms with Gasteiger partial charge >= 0.3 is 67.1 Å². The Labute approximate surface area is 112 Å². The molecule has 0 saturated carbocycles. The number of carboxylic acids is 1. The van der Waals surface area contributed by atoms with Gasteiger partial charge in [-0.1, -0.05) is 18.2 Å². The van der Waals surface area contributed by atoms with Crippen LogP contribution in [0, 0.1) is 0 Å². The van der Waals surface area contributed by atoms with Gasteiger partial charge in [0.2, 0.25) is 0 Å². The first-order valence-electron chi connectivity index (χ1n) is 4.00. The molecule has 0 spiro atoms. The van der Waals surface area contributed by atoms with E-state index in [9.17, 15) is 4.79 Å². The Bertz CT molecular complexity index is 212. The van der Waals surface area contributed by atoms with Gasteiger partial charge in [-0.2, -0.15) is 0 Å². The number of aromatic carboxylic acids is 1. The zero-order valence-corrected chi connectivity index (χ0v) is 19.2. The molecule has 0 unspecified atom stereocenters. The van der Waals surface area contributed by atoms with Crippen LogP contribution >= 0.6 is 0 Å². The van der Waals surface area contributed by atoms with Crippen LogP contribution in [0.25, 0.3) is 0 Å². The van der Waals surface area contributed by atoms with Gasteiger partial charge in [0.1, 0.15) is 0 Å². The molecule has 13 heavy (non-hydrogen) atoms. The van der Waals surface area contributed by atoms with Crippen LogP contribution in [0.5, 0.6) is 0 Å². The monoisotopic (exact) mass is 556 g/mol. The molecule has 0 aliphatic rings. The third-order valence-corrected chi connectivity index (χ3v) is 1.02. The molecule has 1 N–H and O–H groups in total. The van der Waals surface area contributed by atoms with Crippen molar-refractivity contribution < 1.29 is 62.1 Å². The minimum atomic E-state index is -0.879. The molecular formula is C9H12Hg2O2. The maximum absolute atomic E-state index is 10.2. The Kier molecular flexibility index (Phi) is 15.5. The number of carboxylic acid groups (broad SMARTS) is 1. The van der Waals surface area contributed by atoms with Crippen LogP contribution in [0.4, 0.5) is 0 Å². The molecule has 0 aliphatic heterocycles.